The van der Waals surface area contributed by atoms with Gasteiger partial charge in [0.1, 0.15) is 6.04 Å². The third-order valence-corrected chi connectivity index (χ3v) is 3.41. The van der Waals surface area contributed by atoms with E-state index >= 15 is 0 Å². The molecule has 0 unspecified atom stereocenters. The molecule has 0 heterocycles. The van der Waals surface area contributed by atoms with E-state index in [0.29, 0.717) is 5.56 Å². The second-order valence-corrected chi connectivity index (χ2v) is 6.03. The normalized spacial score (nSPS) is 11.7. The Morgan fingerprint density at radius 1 is 1.28 bits per heavy atom. The lowest BCUT2D eigenvalue weighted by Gasteiger charge is -2.16. The molecular formula is C16H21N3O6. The van der Waals surface area contributed by atoms with E-state index in [4.69, 9.17) is 5.11 Å². The number of carbonyl (C=O) groups excluding carboxylic acids is 2. The first-order valence-electron chi connectivity index (χ1n) is 7.67. The molecule has 0 fully saturated rings. The summed E-state index contributed by atoms with van der Waals surface area (Å²) in [5, 5.41) is 24.5. The maximum absolute atomic E-state index is 12.0. The Bertz CT molecular complexity index is 686. The second-order valence-electron chi connectivity index (χ2n) is 6.03. The molecule has 9 heteroatoms. The Balaban J connectivity index is 2.63. The van der Waals surface area contributed by atoms with Gasteiger partial charge in [-0.25, -0.2) is 4.79 Å². The molecule has 2 amide bonds. The molecule has 0 aromatic heterocycles. The summed E-state index contributed by atoms with van der Waals surface area (Å²) in [6, 6.07) is 2.83. The van der Waals surface area contributed by atoms with Gasteiger partial charge in [0, 0.05) is 17.2 Å². The fourth-order valence-corrected chi connectivity index (χ4v) is 2.20. The fraction of sp³-hybridized carbons (Fsp3) is 0.438. The summed E-state index contributed by atoms with van der Waals surface area (Å²) in [6.07, 6.45) is 0.274. The van der Waals surface area contributed by atoms with Crippen molar-refractivity contribution in [3.63, 3.8) is 0 Å². The zero-order chi connectivity index (χ0) is 19.1. The molecule has 0 bridgehead atoms. The van der Waals surface area contributed by atoms with Gasteiger partial charge in [0.2, 0.25) is 5.91 Å². The average molecular weight is 351 g/mol. The Labute approximate surface area is 144 Å². The van der Waals surface area contributed by atoms with E-state index in [2.05, 4.69) is 10.6 Å². The Kier molecular flexibility index (Phi) is 7.04. The van der Waals surface area contributed by atoms with E-state index in [9.17, 15) is 24.5 Å². The summed E-state index contributed by atoms with van der Waals surface area (Å²) < 4.78 is 0. The quantitative estimate of drug-likeness (QED) is 0.476. The van der Waals surface area contributed by atoms with Gasteiger partial charge >= 0.3 is 5.97 Å². The fourth-order valence-electron chi connectivity index (χ4n) is 2.20. The first-order chi connectivity index (χ1) is 11.6. The van der Waals surface area contributed by atoms with Crippen LogP contribution < -0.4 is 10.6 Å². The van der Waals surface area contributed by atoms with Crippen LogP contribution in [0.2, 0.25) is 0 Å². The number of nitrogens with zero attached hydrogens (tertiary/aromatic N) is 1. The van der Waals surface area contributed by atoms with Gasteiger partial charge in [-0.2, -0.15) is 0 Å². The van der Waals surface area contributed by atoms with E-state index in [0.717, 1.165) is 0 Å². The molecule has 0 saturated heterocycles. The summed E-state index contributed by atoms with van der Waals surface area (Å²) in [5.74, 6) is -2.26. The van der Waals surface area contributed by atoms with Crippen LogP contribution in [-0.4, -0.2) is 40.4 Å². The van der Waals surface area contributed by atoms with Gasteiger partial charge in [-0.15, -0.1) is 0 Å². The van der Waals surface area contributed by atoms with Crippen LogP contribution in [0.1, 0.15) is 36.2 Å². The van der Waals surface area contributed by atoms with Gasteiger partial charge in [0.15, 0.2) is 0 Å². The lowest BCUT2D eigenvalue weighted by molar-refractivity contribution is -0.385. The van der Waals surface area contributed by atoms with Crippen molar-refractivity contribution in [3.8, 4) is 0 Å². The highest BCUT2D eigenvalue weighted by molar-refractivity contribution is 5.97. The van der Waals surface area contributed by atoms with Gasteiger partial charge < -0.3 is 15.7 Å². The van der Waals surface area contributed by atoms with Gasteiger partial charge in [0.25, 0.3) is 11.6 Å². The molecule has 25 heavy (non-hydrogen) atoms. The monoisotopic (exact) mass is 351 g/mol. The predicted molar refractivity (Wildman–Crippen MR) is 89.2 cm³/mol. The number of carbonyl (C=O) groups is 3. The number of hydrogen-bond acceptors (Lipinski definition) is 5. The molecule has 0 radical (unpaired) electrons. The SMILES string of the molecule is Cc1cc(C(=O)NCC(=O)N[C@@H](CC(C)C)C(=O)O)ccc1[N+](=O)[O-]. The highest BCUT2D eigenvalue weighted by Gasteiger charge is 2.21. The van der Waals surface area contributed by atoms with Crippen LogP contribution >= 0.6 is 0 Å². The molecule has 1 rings (SSSR count). The maximum Gasteiger partial charge on any atom is 0.326 e. The summed E-state index contributed by atoms with van der Waals surface area (Å²) in [6.45, 7) is 4.78. The van der Waals surface area contributed by atoms with Crippen LogP contribution in [0.3, 0.4) is 0 Å². The third-order valence-electron chi connectivity index (χ3n) is 3.41. The van der Waals surface area contributed by atoms with Crippen molar-refractivity contribution < 1.29 is 24.4 Å². The minimum atomic E-state index is -1.14. The van der Waals surface area contributed by atoms with Crippen LogP contribution in [0.25, 0.3) is 0 Å². The third kappa shape index (κ3) is 6.21. The lowest BCUT2D eigenvalue weighted by Crippen LogP contribution is -2.46. The highest BCUT2D eigenvalue weighted by atomic mass is 16.6. The number of amides is 2. The van der Waals surface area contributed by atoms with Crippen LogP contribution in [0.15, 0.2) is 18.2 Å². The van der Waals surface area contributed by atoms with Crippen molar-refractivity contribution in [2.75, 3.05) is 6.54 Å². The standard InChI is InChI=1S/C16H21N3O6/c1-9(2)6-12(16(22)23)18-14(20)8-17-15(21)11-4-5-13(19(24)25)10(3)7-11/h4-5,7,9,12H,6,8H2,1-3H3,(H,17,21)(H,18,20)(H,22,23)/t12-/m0/s1. The van der Waals surface area contributed by atoms with E-state index in [-0.39, 0.29) is 23.6 Å². The first-order valence-corrected chi connectivity index (χ1v) is 7.67. The van der Waals surface area contributed by atoms with Crippen molar-refractivity contribution in [1.29, 1.82) is 0 Å². The van der Waals surface area contributed by atoms with Crippen molar-refractivity contribution >= 4 is 23.5 Å². The molecule has 136 valence electrons. The average Bonchev–Trinajstić information content (AvgIpc) is 2.50. The summed E-state index contributed by atoms with van der Waals surface area (Å²) >= 11 is 0. The largest absolute Gasteiger partial charge is 0.480 e. The molecule has 0 spiro atoms. The second kappa shape index (κ2) is 8.76. The molecule has 9 nitrogen and oxygen atoms in total. The predicted octanol–water partition coefficient (Wildman–Crippen LogP) is 1.25. The molecule has 0 aliphatic carbocycles. The van der Waals surface area contributed by atoms with Gasteiger partial charge in [0.05, 0.1) is 11.5 Å². The number of carboxylic acids is 1. The number of nitro groups is 1. The number of rotatable bonds is 8. The Hall–Kier alpha value is -2.97. The van der Waals surface area contributed by atoms with Crippen molar-refractivity contribution in [1.82, 2.24) is 10.6 Å². The van der Waals surface area contributed by atoms with E-state index in [1.807, 2.05) is 13.8 Å². The number of carboxylic acid groups (broad SMARTS) is 1. The van der Waals surface area contributed by atoms with Crippen LogP contribution in [-0.2, 0) is 9.59 Å². The molecule has 0 aliphatic heterocycles. The molecule has 0 saturated carbocycles. The van der Waals surface area contributed by atoms with E-state index in [1.165, 1.54) is 25.1 Å². The topological polar surface area (TPSA) is 139 Å². The number of nitrogens with one attached hydrogen (secondary N) is 2. The molecule has 1 atom stereocenters. The molecule has 3 N–H and O–H groups in total. The zero-order valence-corrected chi connectivity index (χ0v) is 14.2. The van der Waals surface area contributed by atoms with Crippen LogP contribution in [0.5, 0.6) is 0 Å². The molecule has 0 aliphatic rings. The van der Waals surface area contributed by atoms with Crippen molar-refractivity contribution in [3.05, 3.63) is 39.4 Å². The van der Waals surface area contributed by atoms with Gasteiger partial charge in [-0.3, -0.25) is 19.7 Å². The smallest absolute Gasteiger partial charge is 0.326 e. The van der Waals surface area contributed by atoms with Gasteiger partial charge in [-0.05, 0) is 31.4 Å². The van der Waals surface area contributed by atoms with E-state index in [1.54, 1.807) is 0 Å². The highest BCUT2D eigenvalue weighted by Crippen LogP contribution is 2.18. The number of nitro benzene ring substituents is 1. The maximum atomic E-state index is 12.0. The number of aryl methyl sites for hydroxylation is 1. The summed E-state index contributed by atoms with van der Waals surface area (Å²) in [7, 11) is 0. The molecular weight excluding hydrogens is 330 g/mol. The minimum Gasteiger partial charge on any atom is -0.480 e. The lowest BCUT2D eigenvalue weighted by atomic mass is 10.0. The summed E-state index contributed by atoms with van der Waals surface area (Å²) in [5.41, 5.74) is 0.394. The van der Waals surface area contributed by atoms with Crippen molar-refractivity contribution in [2.24, 2.45) is 5.92 Å². The zero-order valence-electron chi connectivity index (χ0n) is 14.2. The molecule has 1 aromatic rings. The number of hydrogen-bond donors (Lipinski definition) is 3. The number of aliphatic carboxylic acids is 1. The minimum absolute atomic E-state index is 0.0825. The Morgan fingerprint density at radius 2 is 1.92 bits per heavy atom. The first kappa shape index (κ1) is 20.1. The summed E-state index contributed by atoms with van der Waals surface area (Å²) in [4.78, 5) is 45.1. The van der Waals surface area contributed by atoms with Gasteiger partial charge in [-0.1, -0.05) is 13.8 Å². The van der Waals surface area contributed by atoms with Crippen LogP contribution in [0, 0.1) is 23.0 Å². The van der Waals surface area contributed by atoms with Crippen LogP contribution in [0.4, 0.5) is 5.69 Å². The molecule has 1 aromatic carbocycles. The van der Waals surface area contributed by atoms with E-state index < -0.39 is 35.3 Å². The number of benzene rings is 1. The van der Waals surface area contributed by atoms with Crippen molar-refractivity contribution in [2.45, 2.75) is 33.2 Å². The Morgan fingerprint density at radius 3 is 2.40 bits per heavy atom.